The highest BCUT2D eigenvalue weighted by Gasteiger charge is 2.24. The Bertz CT molecular complexity index is 261. The van der Waals surface area contributed by atoms with E-state index in [1.165, 1.54) is 19.3 Å². The molecule has 0 aromatic heterocycles. The van der Waals surface area contributed by atoms with Gasteiger partial charge in [0.25, 0.3) is 0 Å². The van der Waals surface area contributed by atoms with Crippen molar-refractivity contribution in [1.29, 1.82) is 0 Å². The normalized spacial score (nSPS) is 23.1. The molecule has 1 saturated heterocycles. The lowest BCUT2D eigenvalue weighted by molar-refractivity contribution is 0.312. The number of hydrogen-bond donors (Lipinski definition) is 1. The van der Waals surface area contributed by atoms with Gasteiger partial charge in [-0.15, -0.1) is 0 Å². The van der Waals surface area contributed by atoms with Crippen molar-refractivity contribution in [2.24, 2.45) is 16.1 Å². The van der Waals surface area contributed by atoms with Crippen molar-refractivity contribution in [1.82, 2.24) is 4.90 Å². The fourth-order valence-electron chi connectivity index (χ4n) is 2.07. The van der Waals surface area contributed by atoms with E-state index < -0.39 is 0 Å². The molecule has 0 aromatic rings. The highest BCUT2D eigenvalue weighted by Crippen LogP contribution is 2.29. The number of nitrogens with two attached hydrogens (primary N) is 1. The molecule has 3 nitrogen and oxygen atoms in total. The Labute approximate surface area is 100 Å². The van der Waals surface area contributed by atoms with E-state index in [0.717, 1.165) is 13.1 Å². The molecule has 0 unspecified atom stereocenters. The molecule has 0 amide bonds. The van der Waals surface area contributed by atoms with Gasteiger partial charge < -0.3 is 10.6 Å². The van der Waals surface area contributed by atoms with Crippen molar-refractivity contribution in [3.05, 3.63) is 0 Å². The Balaban J connectivity index is 2.65. The molecule has 94 valence electrons. The average Bonchev–Trinajstić information content (AvgIpc) is 2.23. The van der Waals surface area contributed by atoms with Crippen LogP contribution >= 0.6 is 0 Å². The van der Waals surface area contributed by atoms with Crippen LogP contribution < -0.4 is 5.73 Å². The molecule has 0 saturated carbocycles. The number of rotatable bonds is 0. The molecule has 1 rings (SSSR count). The molecule has 3 heteroatoms. The van der Waals surface area contributed by atoms with Crippen LogP contribution in [0.4, 0.5) is 0 Å². The van der Waals surface area contributed by atoms with Gasteiger partial charge >= 0.3 is 0 Å². The van der Waals surface area contributed by atoms with Crippen LogP contribution in [0, 0.1) is 5.41 Å². The van der Waals surface area contributed by atoms with E-state index in [0.29, 0.717) is 11.4 Å². The van der Waals surface area contributed by atoms with E-state index in [4.69, 9.17) is 5.73 Å². The molecule has 1 fully saturated rings. The Morgan fingerprint density at radius 1 is 1.19 bits per heavy atom. The van der Waals surface area contributed by atoms with Gasteiger partial charge in [0.1, 0.15) is 0 Å². The molecule has 1 aliphatic rings. The molecule has 1 aliphatic heterocycles. The number of likely N-dealkylation sites (tertiary alicyclic amines) is 1. The fraction of sp³-hybridized carbons (Fsp3) is 0.923. The lowest BCUT2D eigenvalue weighted by atomic mass is 9.85. The summed E-state index contributed by atoms with van der Waals surface area (Å²) >= 11 is 0. The van der Waals surface area contributed by atoms with Gasteiger partial charge in [0.05, 0.1) is 5.54 Å². The number of aliphatic imine (C=N–C) groups is 1. The van der Waals surface area contributed by atoms with Crippen LogP contribution in [0.5, 0.6) is 0 Å². The lowest BCUT2D eigenvalue weighted by Gasteiger charge is -2.25. The summed E-state index contributed by atoms with van der Waals surface area (Å²) in [5.74, 6) is 0.713. The molecule has 0 bridgehead atoms. The van der Waals surface area contributed by atoms with Crippen molar-refractivity contribution < 1.29 is 0 Å². The smallest absolute Gasteiger partial charge is 0.191 e. The Morgan fingerprint density at radius 3 is 2.38 bits per heavy atom. The van der Waals surface area contributed by atoms with Crippen LogP contribution in [0.1, 0.15) is 53.9 Å². The van der Waals surface area contributed by atoms with Crippen LogP contribution in [-0.4, -0.2) is 29.5 Å². The molecular weight excluding hydrogens is 198 g/mol. The standard InChI is InChI=1S/C13H27N3/c1-12(2,3)15-11(14)16-9-6-7-13(4,5)8-10-16/h6-10H2,1-5H3,(H2,14,15). The highest BCUT2D eigenvalue weighted by atomic mass is 15.3. The van der Waals surface area contributed by atoms with E-state index in [-0.39, 0.29) is 5.54 Å². The van der Waals surface area contributed by atoms with Gasteiger partial charge in [-0.2, -0.15) is 0 Å². The maximum atomic E-state index is 6.07. The largest absolute Gasteiger partial charge is 0.370 e. The van der Waals surface area contributed by atoms with Gasteiger partial charge in [0.2, 0.25) is 0 Å². The molecule has 1 heterocycles. The third-order valence-electron chi connectivity index (χ3n) is 3.11. The summed E-state index contributed by atoms with van der Waals surface area (Å²) in [4.78, 5) is 6.78. The first-order valence-electron chi connectivity index (χ1n) is 6.30. The Hall–Kier alpha value is -0.730. The molecule has 0 spiro atoms. The lowest BCUT2D eigenvalue weighted by Crippen LogP contribution is -2.40. The zero-order valence-corrected chi connectivity index (χ0v) is 11.5. The summed E-state index contributed by atoms with van der Waals surface area (Å²) in [6, 6.07) is 0. The second-order valence-electron chi connectivity index (χ2n) is 6.65. The summed E-state index contributed by atoms with van der Waals surface area (Å²) in [5.41, 5.74) is 6.45. The zero-order chi connectivity index (χ0) is 12.4. The van der Waals surface area contributed by atoms with Gasteiger partial charge in [-0.05, 0) is 45.4 Å². The van der Waals surface area contributed by atoms with Crippen molar-refractivity contribution in [2.75, 3.05) is 13.1 Å². The molecule has 0 aromatic carbocycles. The van der Waals surface area contributed by atoms with Crippen molar-refractivity contribution in [2.45, 2.75) is 59.4 Å². The molecular formula is C13H27N3. The quantitative estimate of drug-likeness (QED) is 0.508. The highest BCUT2D eigenvalue weighted by molar-refractivity contribution is 5.78. The van der Waals surface area contributed by atoms with Gasteiger partial charge in [0, 0.05) is 13.1 Å². The molecule has 0 aliphatic carbocycles. The number of hydrogen-bond acceptors (Lipinski definition) is 1. The summed E-state index contributed by atoms with van der Waals surface area (Å²) in [6.45, 7) is 13.0. The monoisotopic (exact) mass is 225 g/mol. The minimum absolute atomic E-state index is 0.0775. The molecule has 0 atom stereocenters. The fourth-order valence-corrected chi connectivity index (χ4v) is 2.07. The topological polar surface area (TPSA) is 41.6 Å². The molecule has 2 N–H and O–H groups in total. The molecule has 0 radical (unpaired) electrons. The van der Waals surface area contributed by atoms with Crippen LogP contribution in [0.25, 0.3) is 0 Å². The Kier molecular flexibility index (Phi) is 3.87. The van der Waals surface area contributed by atoms with Gasteiger partial charge in [-0.25, -0.2) is 4.99 Å². The number of nitrogens with zero attached hydrogens (tertiary/aromatic N) is 2. The first-order chi connectivity index (χ1) is 7.20. The SMILES string of the molecule is CC1(C)CCCN(C(N)=NC(C)(C)C)CC1. The van der Waals surface area contributed by atoms with Crippen LogP contribution in [-0.2, 0) is 0 Å². The number of guanidine groups is 1. The summed E-state index contributed by atoms with van der Waals surface area (Å²) in [7, 11) is 0. The summed E-state index contributed by atoms with van der Waals surface area (Å²) in [6.07, 6.45) is 3.70. The third-order valence-corrected chi connectivity index (χ3v) is 3.11. The first kappa shape index (κ1) is 13.3. The second-order valence-corrected chi connectivity index (χ2v) is 6.65. The summed E-state index contributed by atoms with van der Waals surface area (Å²) in [5, 5.41) is 0. The van der Waals surface area contributed by atoms with Gasteiger partial charge in [0.15, 0.2) is 5.96 Å². The molecule has 16 heavy (non-hydrogen) atoms. The van der Waals surface area contributed by atoms with Crippen molar-refractivity contribution in [3.8, 4) is 0 Å². The van der Waals surface area contributed by atoms with E-state index in [1.807, 2.05) is 0 Å². The van der Waals surface area contributed by atoms with Crippen LogP contribution in [0.2, 0.25) is 0 Å². The van der Waals surface area contributed by atoms with Crippen LogP contribution in [0.15, 0.2) is 4.99 Å². The third kappa shape index (κ3) is 4.42. The average molecular weight is 225 g/mol. The van der Waals surface area contributed by atoms with Crippen molar-refractivity contribution in [3.63, 3.8) is 0 Å². The Morgan fingerprint density at radius 2 is 1.81 bits per heavy atom. The second kappa shape index (κ2) is 4.64. The van der Waals surface area contributed by atoms with E-state index in [1.54, 1.807) is 0 Å². The zero-order valence-electron chi connectivity index (χ0n) is 11.5. The van der Waals surface area contributed by atoms with E-state index in [2.05, 4.69) is 44.5 Å². The maximum Gasteiger partial charge on any atom is 0.191 e. The first-order valence-corrected chi connectivity index (χ1v) is 6.30. The van der Waals surface area contributed by atoms with E-state index in [9.17, 15) is 0 Å². The summed E-state index contributed by atoms with van der Waals surface area (Å²) < 4.78 is 0. The van der Waals surface area contributed by atoms with Crippen LogP contribution in [0.3, 0.4) is 0 Å². The van der Waals surface area contributed by atoms with E-state index >= 15 is 0 Å². The maximum absolute atomic E-state index is 6.07. The van der Waals surface area contributed by atoms with Gasteiger partial charge in [-0.3, -0.25) is 0 Å². The minimum atomic E-state index is -0.0775. The minimum Gasteiger partial charge on any atom is -0.370 e. The van der Waals surface area contributed by atoms with Gasteiger partial charge in [-0.1, -0.05) is 13.8 Å². The predicted molar refractivity (Wildman–Crippen MR) is 70.6 cm³/mol. The predicted octanol–water partition coefficient (Wildman–Crippen LogP) is 2.61. The van der Waals surface area contributed by atoms with Crippen molar-refractivity contribution >= 4 is 5.96 Å².